The third-order valence-corrected chi connectivity index (χ3v) is 5.98. The van der Waals surface area contributed by atoms with Gasteiger partial charge in [-0.3, -0.25) is 4.79 Å². The molecule has 0 spiro atoms. The molecule has 2 atom stereocenters. The van der Waals surface area contributed by atoms with Gasteiger partial charge in [0.1, 0.15) is 17.0 Å². The summed E-state index contributed by atoms with van der Waals surface area (Å²) in [4.78, 5) is 17.1. The van der Waals surface area contributed by atoms with Crippen molar-refractivity contribution < 1.29 is 13.7 Å². The molecule has 1 aromatic carbocycles. The molecule has 2 bridgehead atoms. The summed E-state index contributed by atoms with van der Waals surface area (Å²) in [6.45, 7) is 4.26. The molecular formula is C18H19FN2O2. The van der Waals surface area contributed by atoms with Crippen LogP contribution in [0.25, 0.3) is 0 Å². The van der Waals surface area contributed by atoms with Crippen LogP contribution in [0.1, 0.15) is 50.4 Å². The van der Waals surface area contributed by atoms with Crippen LogP contribution in [0.4, 0.5) is 4.39 Å². The lowest BCUT2D eigenvalue weighted by atomic mass is 9.69. The van der Waals surface area contributed by atoms with Gasteiger partial charge in [-0.25, -0.2) is 4.39 Å². The number of Topliss-reactive ketones (excluding diaryl/α,β-unsaturated/α-hetero) is 1. The minimum Gasteiger partial charge on any atom is -0.338 e. The molecule has 2 aliphatic carbocycles. The minimum absolute atomic E-state index is 0.146. The smallest absolute Gasteiger partial charge is 0.240 e. The minimum atomic E-state index is -0.634. The molecule has 0 amide bonds. The molecule has 2 saturated carbocycles. The molecule has 23 heavy (non-hydrogen) atoms. The first kappa shape index (κ1) is 14.5. The average molecular weight is 314 g/mol. The lowest BCUT2D eigenvalue weighted by Gasteiger charge is -2.32. The van der Waals surface area contributed by atoms with Crippen LogP contribution in [-0.4, -0.2) is 15.9 Å². The number of nitrogens with zero attached hydrogens (tertiary/aromatic N) is 2. The zero-order chi connectivity index (χ0) is 16.2. The lowest BCUT2D eigenvalue weighted by molar-refractivity contribution is -0.125. The Morgan fingerprint density at radius 3 is 2.87 bits per heavy atom. The molecule has 120 valence electrons. The van der Waals surface area contributed by atoms with Crippen molar-refractivity contribution in [2.24, 2.45) is 11.3 Å². The van der Waals surface area contributed by atoms with E-state index >= 15 is 0 Å². The second-order valence-electron chi connectivity index (χ2n) is 7.31. The Morgan fingerprint density at radius 1 is 1.39 bits per heavy atom. The lowest BCUT2D eigenvalue weighted by Crippen LogP contribution is -2.40. The van der Waals surface area contributed by atoms with Gasteiger partial charge in [0.05, 0.1) is 0 Å². The van der Waals surface area contributed by atoms with E-state index in [9.17, 15) is 9.18 Å². The molecule has 2 aromatic rings. The Morgan fingerprint density at radius 2 is 2.22 bits per heavy atom. The summed E-state index contributed by atoms with van der Waals surface area (Å²) < 4.78 is 18.8. The van der Waals surface area contributed by atoms with Crippen molar-refractivity contribution in [2.75, 3.05) is 0 Å². The van der Waals surface area contributed by atoms with Crippen LogP contribution in [0.5, 0.6) is 0 Å². The molecule has 1 heterocycles. The molecule has 4 rings (SSSR count). The van der Waals surface area contributed by atoms with Gasteiger partial charge in [-0.2, -0.15) is 4.98 Å². The predicted octanol–water partition coefficient (Wildman–Crippen LogP) is 3.45. The van der Waals surface area contributed by atoms with Crippen molar-refractivity contribution in [2.45, 2.75) is 44.9 Å². The van der Waals surface area contributed by atoms with Crippen molar-refractivity contribution in [1.82, 2.24) is 10.1 Å². The number of hydrogen-bond donors (Lipinski definition) is 0. The fourth-order valence-corrected chi connectivity index (χ4v) is 4.51. The Kier molecular flexibility index (Phi) is 2.99. The molecule has 2 aliphatic rings. The van der Waals surface area contributed by atoms with Gasteiger partial charge in [-0.1, -0.05) is 31.1 Å². The number of ketones is 1. The van der Waals surface area contributed by atoms with E-state index in [1.54, 1.807) is 6.07 Å². The average Bonchev–Trinajstić information content (AvgIpc) is 3.09. The monoisotopic (exact) mass is 314 g/mol. The molecule has 5 heteroatoms. The maximum atomic E-state index is 13.3. The van der Waals surface area contributed by atoms with E-state index in [-0.39, 0.29) is 17.0 Å². The molecule has 0 unspecified atom stereocenters. The van der Waals surface area contributed by atoms with Gasteiger partial charge in [-0.05, 0) is 41.9 Å². The maximum absolute atomic E-state index is 13.3. The number of halogens is 1. The van der Waals surface area contributed by atoms with E-state index in [0.717, 1.165) is 18.4 Å². The Bertz CT molecular complexity index is 783. The van der Waals surface area contributed by atoms with E-state index in [2.05, 4.69) is 24.0 Å². The van der Waals surface area contributed by atoms with E-state index in [1.165, 1.54) is 12.1 Å². The van der Waals surface area contributed by atoms with Crippen LogP contribution in [-0.2, 0) is 16.6 Å². The van der Waals surface area contributed by atoms with Crippen molar-refractivity contribution in [3.05, 3.63) is 47.4 Å². The second kappa shape index (κ2) is 4.73. The van der Waals surface area contributed by atoms with Gasteiger partial charge in [-0.15, -0.1) is 0 Å². The van der Waals surface area contributed by atoms with Gasteiger partial charge in [0.15, 0.2) is 5.82 Å². The summed E-state index contributed by atoms with van der Waals surface area (Å²) in [7, 11) is 0. The number of carbonyl (C=O) groups excluding carboxylic acids is 1. The normalized spacial score (nSPS) is 28.5. The van der Waals surface area contributed by atoms with Crippen molar-refractivity contribution in [1.29, 1.82) is 0 Å². The number of fused-ring (bicyclic) bond motifs is 2. The number of aromatic nitrogens is 2. The highest BCUT2D eigenvalue weighted by Crippen LogP contribution is 2.64. The number of benzene rings is 1. The summed E-state index contributed by atoms with van der Waals surface area (Å²) in [6, 6.07) is 6.36. The maximum Gasteiger partial charge on any atom is 0.240 e. The molecule has 0 N–H and O–H groups in total. The first-order chi connectivity index (χ1) is 10.9. The van der Waals surface area contributed by atoms with Crippen molar-refractivity contribution in [3.8, 4) is 0 Å². The number of rotatable bonds is 3. The van der Waals surface area contributed by atoms with Crippen LogP contribution in [0.3, 0.4) is 0 Å². The van der Waals surface area contributed by atoms with Gasteiger partial charge in [0.2, 0.25) is 5.89 Å². The molecular weight excluding hydrogens is 295 g/mol. The highest BCUT2D eigenvalue weighted by atomic mass is 19.1. The van der Waals surface area contributed by atoms with Gasteiger partial charge < -0.3 is 4.52 Å². The van der Waals surface area contributed by atoms with E-state index < -0.39 is 5.41 Å². The van der Waals surface area contributed by atoms with Crippen molar-refractivity contribution >= 4 is 5.78 Å². The van der Waals surface area contributed by atoms with Gasteiger partial charge in [0, 0.05) is 12.8 Å². The van der Waals surface area contributed by atoms with Crippen molar-refractivity contribution in [3.63, 3.8) is 0 Å². The molecule has 0 aliphatic heterocycles. The number of hydrogen-bond acceptors (Lipinski definition) is 4. The summed E-state index contributed by atoms with van der Waals surface area (Å²) in [5, 5.41) is 4.04. The summed E-state index contributed by atoms with van der Waals surface area (Å²) in [6.07, 6.45) is 2.81. The van der Waals surface area contributed by atoms with Crippen LogP contribution < -0.4 is 0 Å². The third-order valence-electron chi connectivity index (χ3n) is 5.98. The zero-order valence-electron chi connectivity index (χ0n) is 13.3. The Labute approximate surface area is 134 Å². The first-order valence-electron chi connectivity index (χ1n) is 8.04. The van der Waals surface area contributed by atoms with Gasteiger partial charge >= 0.3 is 0 Å². The third kappa shape index (κ3) is 1.92. The highest BCUT2D eigenvalue weighted by molar-refractivity contribution is 5.94. The van der Waals surface area contributed by atoms with E-state index in [4.69, 9.17) is 4.52 Å². The fourth-order valence-electron chi connectivity index (χ4n) is 4.51. The SMILES string of the molecule is CC1(C)[C@@H]2CC[C@@]1(c1nc(Cc3cccc(F)c3)no1)C(=O)C2. The predicted molar refractivity (Wildman–Crippen MR) is 81.3 cm³/mol. The summed E-state index contributed by atoms with van der Waals surface area (Å²) in [5.74, 6) is 1.28. The molecule has 1 aromatic heterocycles. The van der Waals surface area contributed by atoms with Crippen LogP contribution in [0.15, 0.2) is 28.8 Å². The largest absolute Gasteiger partial charge is 0.338 e. The fraction of sp³-hybridized carbons (Fsp3) is 0.500. The zero-order valence-corrected chi connectivity index (χ0v) is 13.3. The van der Waals surface area contributed by atoms with E-state index in [0.29, 0.717) is 30.5 Å². The quantitative estimate of drug-likeness (QED) is 0.871. The Balaban J connectivity index is 1.67. The van der Waals surface area contributed by atoms with Crippen LogP contribution >= 0.6 is 0 Å². The Hall–Kier alpha value is -2.04. The van der Waals surface area contributed by atoms with E-state index in [1.807, 2.05) is 6.07 Å². The first-order valence-corrected chi connectivity index (χ1v) is 8.04. The molecule has 2 fully saturated rings. The number of carbonyl (C=O) groups is 1. The molecule has 0 radical (unpaired) electrons. The summed E-state index contributed by atoms with van der Waals surface area (Å²) >= 11 is 0. The highest BCUT2D eigenvalue weighted by Gasteiger charge is 2.67. The van der Waals surface area contributed by atoms with Crippen LogP contribution in [0, 0.1) is 17.2 Å². The standard InChI is InChI=1S/C18H19FN2O2/c1-17(2)12-6-7-18(17,14(22)10-12)16-20-15(21-23-16)9-11-4-3-5-13(19)8-11/h3-5,8,12H,6-7,9-10H2,1-2H3/t12-,18+/m1/s1. The second-order valence-corrected chi connectivity index (χ2v) is 7.31. The molecule has 4 nitrogen and oxygen atoms in total. The van der Waals surface area contributed by atoms with Gasteiger partial charge in [0.25, 0.3) is 0 Å². The topological polar surface area (TPSA) is 56.0 Å². The molecule has 0 saturated heterocycles. The summed E-state index contributed by atoms with van der Waals surface area (Å²) in [5.41, 5.74) is 0.00795. The van der Waals surface area contributed by atoms with Crippen LogP contribution in [0.2, 0.25) is 0 Å².